The Morgan fingerprint density at radius 2 is 0.781 bits per heavy atom. The minimum absolute atomic E-state index is 0. The zero-order valence-electron chi connectivity index (χ0n) is 38.5. The number of pyridine rings is 2. The summed E-state index contributed by atoms with van der Waals surface area (Å²) in [5.74, 6) is 0.208. The first-order valence-corrected chi connectivity index (χ1v) is 22.9. The van der Waals surface area contributed by atoms with Gasteiger partial charge < -0.3 is 34.6 Å². The maximum absolute atomic E-state index is 12.2. The van der Waals surface area contributed by atoms with Crippen LogP contribution in [0.15, 0.2) is 97.6 Å². The summed E-state index contributed by atoms with van der Waals surface area (Å²) in [4.78, 5) is 28.6. The largest absolute Gasteiger partial charge is 0.379 e. The predicted molar refractivity (Wildman–Crippen MR) is 264 cm³/mol. The summed E-state index contributed by atoms with van der Waals surface area (Å²) in [7, 11) is 8.19. The Bertz CT molecular complexity index is 1760. The van der Waals surface area contributed by atoms with Crippen molar-refractivity contribution in [1.82, 2.24) is 10.6 Å². The molecule has 0 aliphatic rings. The Morgan fingerprint density at radius 1 is 0.453 bits per heavy atom. The third-order valence-electron chi connectivity index (χ3n) is 10.5. The quantitative estimate of drug-likeness (QED) is 0.0377. The fraction of sp³-hybridized carbons (Fsp3) is 0.472. The van der Waals surface area contributed by atoms with Gasteiger partial charge in [0.2, 0.25) is 11.8 Å². The number of aromatic nitrogens is 2. The standard InChI is InChI=1S/C52H72N6O5.CH4/c1-55(2)49-23-19-45(20-24-49)15-17-47-27-35-57(36-28-47)33-9-5-7-13-51(59)53-31-11-39-61-41-43-63-44-42-62-40-12-32-54-52(60)14-8-6-10-34-58-37-29-48(30-38-58)18-16-46-21-25-50(26-22-46)56(3)4;/h15-30,35-38H,5-14,31-34,39-44H2,1-4H3;1H4/p+2. The molecule has 0 radical (unpaired) electrons. The third-order valence-corrected chi connectivity index (χ3v) is 10.5. The summed E-state index contributed by atoms with van der Waals surface area (Å²) < 4.78 is 21.2. The molecule has 0 unspecified atom stereocenters. The van der Waals surface area contributed by atoms with Crippen molar-refractivity contribution in [3.05, 3.63) is 120 Å². The van der Waals surface area contributed by atoms with Crippen molar-refractivity contribution in [2.24, 2.45) is 0 Å². The highest BCUT2D eigenvalue weighted by atomic mass is 16.5. The van der Waals surface area contributed by atoms with Crippen LogP contribution in [-0.2, 0) is 36.9 Å². The van der Waals surface area contributed by atoms with Gasteiger partial charge in [0.1, 0.15) is 13.1 Å². The Kier molecular flexibility index (Phi) is 26.8. The van der Waals surface area contributed by atoms with Crippen LogP contribution in [-0.4, -0.2) is 92.7 Å². The van der Waals surface area contributed by atoms with Crippen LogP contribution in [0.2, 0.25) is 0 Å². The number of hydrogen-bond acceptors (Lipinski definition) is 7. The Labute approximate surface area is 385 Å². The normalized spacial score (nSPS) is 11.2. The number of carbonyl (C=O) groups excluding carboxylic acids is 2. The van der Waals surface area contributed by atoms with E-state index in [-0.39, 0.29) is 19.2 Å². The van der Waals surface area contributed by atoms with Crippen LogP contribution in [0, 0.1) is 0 Å². The highest BCUT2D eigenvalue weighted by molar-refractivity contribution is 5.76. The van der Waals surface area contributed by atoms with E-state index in [1.807, 2.05) is 28.2 Å². The fourth-order valence-corrected chi connectivity index (χ4v) is 6.65. The average Bonchev–Trinajstić information content (AvgIpc) is 3.29. The van der Waals surface area contributed by atoms with Crippen molar-refractivity contribution < 1.29 is 32.9 Å². The molecule has 64 heavy (non-hydrogen) atoms. The van der Waals surface area contributed by atoms with Crippen LogP contribution >= 0.6 is 0 Å². The molecule has 4 rings (SSSR count). The Balaban J connectivity index is 0.0000109. The molecule has 0 aliphatic carbocycles. The Hall–Kier alpha value is -5.36. The van der Waals surface area contributed by atoms with Gasteiger partial charge in [0.05, 0.1) is 26.4 Å². The van der Waals surface area contributed by atoms with E-state index in [9.17, 15) is 9.59 Å². The van der Waals surface area contributed by atoms with Gasteiger partial charge in [-0.25, -0.2) is 9.13 Å². The van der Waals surface area contributed by atoms with Crippen LogP contribution in [0.3, 0.4) is 0 Å². The first-order chi connectivity index (χ1) is 30.7. The lowest BCUT2D eigenvalue weighted by molar-refractivity contribution is -0.697. The van der Waals surface area contributed by atoms with Crippen LogP contribution in [0.5, 0.6) is 0 Å². The molecule has 2 aromatic heterocycles. The van der Waals surface area contributed by atoms with Crippen LogP contribution < -0.4 is 29.6 Å². The Morgan fingerprint density at radius 3 is 1.12 bits per heavy atom. The van der Waals surface area contributed by atoms with Crippen LogP contribution in [0.1, 0.15) is 93.9 Å². The van der Waals surface area contributed by atoms with Gasteiger partial charge in [0.15, 0.2) is 24.8 Å². The van der Waals surface area contributed by atoms with E-state index in [4.69, 9.17) is 14.2 Å². The molecule has 0 saturated heterocycles. The van der Waals surface area contributed by atoms with E-state index >= 15 is 0 Å². The van der Waals surface area contributed by atoms with Gasteiger partial charge >= 0.3 is 0 Å². The number of nitrogens with one attached hydrogen (secondary N) is 2. The van der Waals surface area contributed by atoms with Crippen molar-refractivity contribution in [3.63, 3.8) is 0 Å². The van der Waals surface area contributed by atoms with Crippen molar-refractivity contribution in [2.45, 2.75) is 84.7 Å². The number of amides is 2. The zero-order valence-corrected chi connectivity index (χ0v) is 38.5. The van der Waals surface area contributed by atoms with Crippen molar-refractivity contribution in [3.8, 4) is 0 Å². The summed E-state index contributed by atoms with van der Waals surface area (Å²) in [6.07, 6.45) is 25.6. The molecular formula is C53H78N6O5+2. The molecule has 2 amide bonds. The van der Waals surface area contributed by atoms with Crippen LogP contribution in [0.25, 0.3) is 24.3 Å². The van der Waals surface area contributed by atoms with E-state index in [0.717, 1.165) is 64.5 Å². The molecule has 11 heteroatoms. The topological polar surface area (TPSA) is 100 Å². The third kappa shape index (κ3) is 23.4. The zero-order chi connectivity index (χ0) is 44.7. The van der Waals surface area contributed by atoms with E-state index in [0.29, 0.717) is 65.6 Å². The molecule has 2 aromatic carbocycles. The van der Waals surface area contributed by atoms with Crippen LogP contribution in [0.4, 0.5) is 11.4 Å². The molecule has 4 aromatic rings. The summed E-state index contributed by atoms with van der Waals surface area (Å²) in [6, 6.07) is 25.6. The monoisotopic (exact) mass is 879 g/mol. The number of anilines is 2. The van der Waals surface area contributed by atoms with Gasteiger partial charge in [0.25, 0.3) is 0 Å². The molecule has 0 bridgehead atoms. The smallest absolute Gasteiger partial charge is 0.219 e. The number of aryl methyl sites for hydroxylation is 2. The molecule has 2 heterocycles. The molecule has 0 saturated carbocycles. The SMILES string of the molecule is C.CN(C)c1ccc(C=Cc2cc[n+](CCCCCC(=O)NCCCOCCOCCOCCCNC(=O)CCCCC[n+]3ccc(C=Cc4ccc(N(C)C)cc4)cc3)cc2)cc1. The number of rotatable bonds is 32. The number of carbonyl (C=O) groups is 2. The lowest BCUT2D eigenvalue weighted by atomic mass is 10.1. The van der Waals surface area contributed by atoms with E-state index in [1.165, 1.54) is 33.6 Å². The summed E-state index contributed by atoms with van der Waals surface area (Å²) in [6.45, 7) is 6.34. The average molecular weight is 879 g/mol. The van der Waals surface area contributed by atoms with Gasteiger partial charge in [-0.3, -0.25) is 9.59 Å². The van der Waals surface area contributed by atoms with Gasteiger partial charge in [-0.1, -0.05) is 56.0 Å². The highest BCUT2D eigenvalue weighted by Crippen LogP contribution is 2.16. The first-order valence-electron chi connectivity index (χ1n) is 22.9. The highest BCUT2D eigenvalue weighted by Gasteiger charge is 2.06. The maximum Gasteiger partial charge on any atom is 0.219 e. The first kappa shape index (κ1) is 53.0. The number of unbranched alkanes of at least 4 members (excludes halogenated alkanes) is 4. The molecule has 0 atom stereocenters. The molecular weight excluding hydrogens is 801 g/mol. The number of benzene rings is 2. The molecule has 11 nitrogen and oxygen atoms in total. The second-order valence-corrected chi connectivity index (χ2v) is 16.2. The van der Waals surface area contributed by atoms with Gasteiger partial charge in [-0.05, 0) is 85.0 Å². The summed E-state index contributed by atoms with van der Waals surface area (Å²) in [5.41, 5.74) is 7.09. The second kappa shape index (κ2) is 32.3. The molecule has 2 N–H and O–H groups in total. The molecule has 0 aliphatic heterocycles. The summed E-state index contributed by atoms with van der Waals surface area (Å²) >= 11 is 0. The summed E-state index contributed by atoms with van der Waals surface area (Å²) in [5, 5.41) is 5.99. The number of nitrogens with zero attached hydrogens (tertiary/aromatic N) is 4. The molecule has 0 fully saturated rings. The van der Waals surface area contributed by atoms with E-state index in [1.54, 1.807) is 0 Å². The van der Waals surface area contributed by atoms with Gasteiger partial charge in [-0.15, -0.1) is 0 Å². The van der Waals surface area contributed by atoms with Crippen molar-refractivity contribution in [1.29, 1.82) is 0 Å². The minimum atomic E-state index is 0. The van der Waals surface area contributed by atoms with Crippen molar-refractivity contribution >= 4 is 47.5 Å². The lowest BCUT2D eigenvalue weighted by Gasteiger charge is -2.11. The van der Waals surface area contributed by atoms with Gasteiger partial charge in [-0.2, -0.15) is 0 Å². The van der Waals surface area contributed by atoms with E-state index in [2.05, 4.69) is 151 Å². The molecule has 348 valence electrons. The lowest BCUT2D eigenvalue weighted by Crippen LogP contribution is -2.32. The fourth-order valence-electron chi connectivity index (χ4n) is 6.65. The van der Waals surface area contributed by atoms with E-state index < -0.39 is 0 Å². The molecule has 0 spiro atoms. The number of ether oxygens (including phenoxy) is 3. The van der Waals surface area contributed by atoms with Crippen molar-refractivity contribution in [2.75, 3.05) is 90.7 Å². The minimum Gasteiger partial charge on any atom is -0.379 e. The predicted octanol–water partition coefficient (Wildman–Crippen LogP) is 8.25. The second-order valence-electron chi connectivity index (χ2n) is 16.2. The maximum atomic E-state index is 12.2. The van der Waals surface area contributed by atoms with Gasteiger partial charge in [0, 0.05) is 116 Å². The number of hydrogen-bond donors (Lipinski definition) is 2.